The second-order valence-corrected chi connectivity index (χ2v) is 5.17. The van der Waals surface area contributed by atoms with E-state index in [0.717, 1.165) is 16.9 Å². The average molecular weight is 348 g/mol. The molecule has 0 atom stereocenters. The van der Waals surface area contributed by atoms with Gasteiger partial charge in [-0.15, -0.1) is 0 Å². The van der Waals surface area contributed by atoms with E-state index in [1.165, 1.54) is 14.2 Å². The van der Waals surface area contributed by atoms with Crippen molar-refractivity contribution >= 4 is 23.0 Å². The van der Waals surface area contributed by atoms with Gasteiger partial charge in [0.25, 0.3) is 0 Å². The lowest BCUT2D eigenvalue weighted by Gasteiger charge is -2.08. The van der Waals surface area contributed by atoms with Crippen molar-refractivity contribution in [3.63, 3.8) is 0 Å². The number of oxime groups is 2. The van der Waals surface area contributed by atoms with Gasteiger partial charge in [0.2, 0.25) is 0 Å². The Hall–Kier alpha value is -2.60. The third-order valence-electron chi connectivity index (χ3n) is 3.08. The summed E-state index contributed by atoms with van der Waals surface area (Å²) < 4.78 is 5.73. The Bertz CT molecular complexity index is 713. The van der Waals surface area contributed by atoms with Crippen molar-refractivity contribution < 1.29 is 14.4 Å². The Morgan fingerprint density at radius 3 is 2.33 bits per heavy atom. The number of benzene rings is 1. The molecular formula is C17H18ClN3O3. The summed E-state index contributed by atoms with van der Waals surface area (Å²) in [5.41, 5.74) is 2.98. The molecule has 0 fully saturated rings. The Kier molecular flexibility index (Phi) is 6.57. The number of hydrogen-bond acceptors (Lipinski definition) is 6. The van der Waals surface area contributed by atoms with Crippen LogP contribution in [0.4, 0.5) is 0 Å². The van der Waals surface area contributed by atoms with Crippen molar-refractivity contribution in [2.45, 2.75) is 13.5 Å². The summed E-state index contributed by atoms with van der Waals surface area (Å²) in [6.45, 7) is 2.20. The molecule has 1 aromatic carbocycles. The van der Waals surface area contributed by atoms with Gasteiger partial charge >= 0.3 is 0 Å². The molecule has 0 spiro atoms. The van der Waals surface area contributed by atoms with E-state index in [0.29, 0.717) is 23.2 Å². The highest BCUT2D eigenvalue weighted by molar-refractivity contribution is 6.47. The first-order valence-electron chi connectivity index (χ1n) is 7.17. The molecule has 1 aromatic heterocycles. The van der Waals surface area contributed by atoms with Crippen molar-refractivity contribution in [2.75, 3.05) is 14.2 Å². The number of rotatable bonds is 7. The van der Waals surface area contributed by atoms with Crippen LogP contribution in [0.3, 0.4) is 0 Å². The molecule has 126 valence electrons. The minimum Gasteiger partial charge on any atom is -0.489 e. The third kappa shape index (κ3) is 4.96. The largest absolute Gasteiger partial charge is 0.489 e. The van der Waals surface area contributed by atoms with Crippen molar-refractivity contribution in [3.05, 3.63) is 58.9 Å². The second-order valence-electron chi connectivity index (χ2n) is 4.78. The average Bonchev–Trinajstić information content (AvgIpc) is 2.60. The summed E-state index contributed by atoms with van der Waals surface area (Å²) in [4.78, 5) is 13.7. The zero-order valence-corrected chi connectivity index (χ0v) is 14.4. The Morgan fingerprint density at radius 1 is 1.04 bits per heavy atom. The predicted molar refractivity (Wildman–Crippen MR) is 93.7 cm³/mol. The van der Waals surface area contributed by atoms with E-state index < -0.39 is 0 Å². The molecule has 0 saturated heterocycles. The highest BCUT2D eigenvalue weighted by Gasteiger charge is 2.10. The Morgan fingerprint density at radius 2 is 1.75 bits per heavy atom. The van der Waals surface area contributed by atoms with Crippen LogP contribution >= 0.6 is 11.6 Å². The topological polar surface area (TPSA) is 65.3 Å². The quantitative estimate of drug-likeness (QED) is 0.435. The maximum Gasteiger partial charge on any atom is 0.134 e. The van der Waals surface area contributed by atoms with Gasteiger partial charge in [-0.2, -0.15) is 0 Å². The molecule has 0 aliphatic carbocycles. The molecule has 24 heavy (non-hydrogen) atoms. The smallest absolute Gasteiger partial charge is 0.134 e. The maximum atomic E-state index is 5.76. The van der Waals surface area contributed by atoms with E-state index in [9.17, 15) is 0 Å². The molecule has 6 nitrogen and oxygen atoms in total. The van der Waals surface area contributed by atoms with E-state index in [4.69, 9.17) is 26.0 Å². The predicted octanol–water partition coefficient (Wildman–Crippen LogP) is 3.69. The number of nitrogens with zero attached hydrogens (tertiary/aromatic N) is 3. The number of hydrogen-bond donors (Lipinski definition) is 0. The summed E-state index contributed by atoms with van der Waals surface area (Å²) >= 11 is 5.76. The number of pyridine rings is 1. The van der Waals surface area contributed by atoms with Crippen molar-refractivity contribution in [3.8, 4) is 5.75 Å². The standard InChI is InChI=1S/C17H18ClN3O3/c1-12(20-22-2)17(21-23-3)14-5-7-15(8-6-14)24-11-13-4-9-16(18)19-10-13/h4-10H,11H2,1-3H3. The van der Waals surface area contributed by atoms with Gasteiger partial charge in [0.15, 0.2) is 0 Å². The van der Waals surface area contributed by atoms with Gasteiger partial charge in [0.05, 0.1) is 0 Å². The van der Waals surface area contributed by atoms with Gasteiger partial charge in [-0.1, -0.05) is 28.0 Å². The molecule has 0 N–H and O–H groups in total. The highest BCUT2D eigenvalue weighted by atomic mass is 35.5. The summed E-state index contributed by atoms with van der Waals surface area (Å²) in [7, 11) is 2.97. The first-order valence-corrected chi connectivity index (χ1v) is 7.54. The fraction of sp³-hybridized carbons (Fsp3) is 0.235. The van der Waals surface area contributed by atoms with Crippen molar-refractivity contribution in [1.82, 2.24) is 4.98 Å². The van der Waals surface area contributed by atoms with Crippen molar-refractivity contribution in [1.29, 1.82) is 0 Å². The fourth-order valence-corrected chi connectivity index (χ4v) is 2.08. The molecule has 0 bridgehead atoms. The van der Waals surface area contributed by atoms with Crippen LogP contribution in [-0.2, 0) is 16.3 Å². The fourth-order valence-electron chi connectivity index (χ4n) is 1.97. The van der Waals surface area contributed by atoms with Gasteiger partial charge in [-0.3, -0.25) is 0 Å². The SMILES string of the molecule is CON=C(C)C(=NOC)c1ccc(OCc2ccc(Cl)nc2)cc1. The van der Waals surface area contributed by atoms with E-state index >= 15 is 0 Å². The van der Waals surface area contributed by atoms with Gasteiger partial charge in [0.1, 0.15) is 43.2 Å². The van der Waals surface area contributed by atoms with Gasteiger partial charge < -0.3 is 14.4 Å². The van der Waals surface area contributed by atoms with Crippen LogP contribution < -0.4 is 4.74 Å². The Balaban J connectivity index is 2.07. The first kappa shape index (κ1) is 17.7. The normalized spacial score (nSPS) is 12.0. The molecule has 0 aliphatic rings. The molecule has 1 heterocycles. The monoisotopic (exact) mass is 347 g/mol. The first-order chi connectivity index (χ1) is 11.6. The maximum absolute atomic E-state index is 5.76. The van der Waals surface area contributed by atoms with Gasteiger partial charge in [0, 0.05) is 17.3 Å². The molecule has 0 aliphatic heterocycles. The molecule has 2 rings (SSSR count). The lowest BCUT2D eigenvalue weighted by atomic mass is 10.1. The molecule has 0 amide bonds. The van der Waals surface area contributed by atoms with Crippen LogP contribution in [0.2, 0.25) is 5.15 Å². The van der Waals surface area contributed by atoms with Crippen LogP contribution in [0.15, 0.2) is 52.9 Å². The minimum atomic E-state index is 0.409. The highest BCUT2D eigenvalue weighted by Crippen LogP contribution is 2.16. The number of ether oxygens (including phenoxy) is 1. The molecular weight excluding hydrogens is 330 g/mol. The lowest BCUT2D eigenvalue weighted by Crippen LogP contribution is -2.13. The zero-order chi connectivity index (χ0) is 17.4. The molecule has 0 saturated carbocycles. The van der Waals surface area contributed by atoms with Crippen molar-refractivity contribution in [2.24, 2.45) is 10.3 Å². The summed E-state index contributed by atoms with van der Waals surface area (Å²) in [5, 5.41) is 8.33. The molecule has 0 unspecified atom stereocenters. The Labute approximate surface area is 145 Å². The molecule has 2 aromatic rings. The van der Waals surface area contributed by atoms with E-state index in [-0.39, 0.29) is 0 Å². The van der Waals surface area contributed by atoms with Crippen LogP contribution in [0.5, 0.6) is 5.75 Å². The molecule has 7 heteroatoms. The van der Waals surface area contributed by atoms with Gasteiger partial charge in [-0.05, 0) is 37.3 Å². The van der Waals surface area contributed by atoms with E-state index in [1.54, 1.807) is 19.2 Å². The van der Waals surface area contributed by atoms with Crippen LogP contribution in [0.25, 0.3) is 0 Å². The third-order valence-corrected chi connectivity index (χ3v) is 3.30. The van der Waals surface area contributed by atoms with E-state index in [2.05, 4.69) is 15.3 Å². The van der Waals surface area contributed by atoms with Gasteiger partial charge in [-0.25, -0.2) is 4.98 Å². The zero-order valence-electron chi connectivity index (χ0n) is 13.7. The minimum absolute atomic E-state index is 0.409. The number of aromatic nitrogens is 1. The second kappa shape index (κ2) is 8.88. The summed E-state index contributed by atoms with van der Waals surface area (Å²) in [6, 6.07) is 11.1. The van der Waals surface area contributed by atoms with Crippen LogP contribution in [0.1, 0.15) is 18.1 Å². The van der Waals surface area contributed by atoms with Crippen LogP contribution in [0, 0.1) is 0 Å². The molecule has 0 radical (unpaired) electrons. The van der Waals surface area contributed by atoms with Crippen LogP contribution in [-0.4, -0.2) is 30.6 Å². The summed E-state index contributed by atoms with van der Waals surface area (Å²) in [5.74, 6) is 0.729. The number of halogens is 1. The summed E-state index contributed by atoms with van der Waals surface area (Å²) in [6.07, 6.45) is 1.69. The van der Waals surface area contributed by atoms with E-state index in [1.807, 2.05) is 30.3 Å². The lowest BCUT2D eigenvalue weighted by molar-refractivity contribution is 0.210.